The summed E-state index contributed by atoms with van der Waals surface area (Å²) in [7, 11) is 0. The van der Waals surface area contributed by atoms with Gasteiger partial charge in [-0.3, -0.25) is 0 Å². The molecule has 3 aromatic carbocycles. The Labute approximate surface area is 188 Å². The van der Waals surface area contributed by atoms with Crippen molar-refractivity contribution < 1.29 is 46.8 Å². The molecule has 0 fully saturated rings. The van der Waals surface area contributed by atoms with Gasteiger partial charge in [-0.15, -0.1) is 0 Å². The number of hydrogen-bond donors (Lipinski definition) is 3. The second kappa shape index (κ2) is 13.3. The van der Waals surface area contributed by atoms with E-state index in [9.17, 15) is 29.7 Å². The molecule has 10 heteroatoms. The van der Waals surface area contributed by atoms with Crippen LogP contribution < -0.4 is 32.5 Å². The molecule has 3 rings (SSSR count). The smallest absolute Gasteiger partial charge is 0.545 e. The van der Waals surface area contributed by atoms with E-state index in [-0.39, 0.29) is 33.8 Å². The first-order valence-corrected chi connectivity index (χ1v) is 8.30. The molecule has 0 aliphatic heterocycles. The number of carbonyl (C=O) groups is 3. The Bertz CT molecular complexity index is 859. The molecule has 9 nitrogen and oxygen atoms in total. The zero-order valence-electron chi connectivity index (χ0n) is 16.0. The van der Waals surface area contributed by atoms with Crippen LogP contribution in [0.1, 0.15) is 31.1 Å². The van der Waals surface area contributed by atoms with Gasteiger partial charge in [-0.1, -0.05) is 36.4 Å². The van der Waals surface area contributed by atoms with Crippen LogP contribution in [0.3, 0.4) is 0 Å². The van der Waals surface area contributed by atoms with Gasteiger partial charge in [0.15, 0.2) is 0 Å². The molecule has 0 amide bonds. The van der Waals surface area contributed by atoms with E-state index >= 15 is 0 Å². The molecule has 0 aromatic heterocycles. The Kier molecular flexibility index (Phi) is 11.5. The summed E-state index contributed by atoms with van der Waals surface area (Å²) in [5.74, 6) is -3.54. The van der Waals surface area contributed by atoms with Gasteiger partial charge in [0, 0.05) is 17.1 Å². The minimum absolute atomic E-state index is 0. The van der Waals surface area contributed by atoms with Gasteiger partial charge in [0.05, 0.1) is 17.9 Å². The summed E-state index contributed by atoms with van der Waals surface area (Å²) in [6.45, 7) is 0. The molecule has 31 heavy (non-hydrogen) atoms. The Morgan fingerprint density at radius 2 is 0.613 bits per heavy atom. The number of rotatable bonds is 3. The number of benzene rings is 3. The molecule has 160 valence electrons. The van der Waals surface area contributed by atoms with Gasteiger partial charge in [-0.25, -0.2) is 0 Å². The SMILES string of the molecule is Nc1ccc(C(=O)[O-])cc1.Nc1ccc(C(=O)[O-])cc1.Nc1ccc(C(=O)[O-])cc1.[Mn+3]. The normalized spacial score (nSPS) is 8.90. The molecular weight excluding hydrogens is 445 g/mol. The fourth-order valence-electron chi connectivity index (χ4n) is 1.86. The third-order valence-corrected chi connectivity index (χ3v) is 3.44. The molecule has 0 saturated carbocycles. The molecule has 0 aliphatic rings. The average molecular weight is 463 g/mol. The first kappa shape index (κ1) is 27.0. The van der Waals surface area contributed by atoms with E-state index in [2.05, 4.69) is 0 Å². The quantitative estimate of drug-likeness (QED) is 0.318. The van der Waals surface area contributed by atoms with Gasteiger partial charge in [0.2, 0.25) is 0 Å². The minimum atomic E-state index is -1.18. The number of carbonyl (C=O) groups excluding carboxylic acids is 3. The van der Waals surface area contributed by atoms with Crippen molar-refractivity contribution in [1.82, 2.24) is 0 Å². The molecular formula is C21H18MnN3O6. The van der Waals surface area contributed by atoms with Crippen molar-refractivity contribution in [3.05, 3.63) is 89.5 Å². The topological polar surface area (TPSA) is 198 Å². The van der Waals surface area contributed by atoms with Crippen LogP contribution in [0.5, 0.6) is 0 Å². The van der Waals surface area contributed by atoms with Gasteiger partial charge in [0.1, 0.15) is 0 Å². The number of anilines is 3. The van der Waals surface area contributed by atoms with Crippen LogP contribution in [0, 0.1) is 0 Å². The summed E-state index contributed by atoms with van der Waals surface area (Å²) in [5, 5.41) is 30.5. The van der Waals surface area contributed by atoms with Gasteiger partial charge < -0.3 is 46.9 Å². The maximum atomic E-state index is 10.2. The van der Waals surface area contributed by atoms with Crippen molar-refractivity contribution in [2.24, 2.45) is 0 Å². The van der Waals surface area contributed by atoms with Crippen molar-refractivity contribution in [3.63, 3.8) is 0 Å². The maximum absolute atomic E-state index is 10.2. The van der Waals surface area contributed by atoms with E-state index < -0.39 is 17.9 Å². The van der Waals surface area contributed by atoms with Crippen molar-refractivity contribution in [2.75, 3.05) is 17.2 Å². The van der Waals surface area contributed by atoms with E-state index in [0.717, 1.165) is 0 Å². The number of nitrogen functional groups attached to an aromatic ring is 3. The zero-order chi connectivity index (χ0) is 22.7. The number of carboxylic acids is 3. The summed E-state index contributed by atoms with van der Waals surface area (Å²) in [5.41, 5.74) is 18.0. The third kappa shape index (κ3) is 10.4. The van der Waals surface area contributed by atoms with E-state index in [0.29, 0.717) is 17.1 Å². The number of aromatic carboxylic acids is 3. The predicted molar refractivity (Wildman–Crippen MR) is 106 cm³/mol. The van der Waals surface area contributed by atoms with Crippen LogP contribution in [-0.4, -0.2) is 17.9 Å². The Morgan fingerprint density at radius 1 is 0.452 bits per heavy atom. The number of nitrogens with two attached hydrogens (primary N) is 3. The van der Waals surface area contributed by atoms with Crippen LogP contribution in [0.25, 0.3) is 0 Å². The van der Waals surface area contributed by atoms with Crippen LogP contribution in [-0.2, 0) is 17.1 Å². The van der Waals surface area contributed by atoms with E-state index in [1.807, 2.05) is 0 Å². The van der Waals surface area contributed by atoms with Gasteiger partial charge in [-0.05, 0) is 53.1 Å². The van der Waals surface area contributed by atoms with Gasteiger partial charge in [-0.2, -0.15) is 0 Å². The molecule has 0 spiro atoms. The maximum Gasteiger partial charge on any atom is 3.00 e. The molecule has 0 heterocycles. The van der Waals surface area contributed by atoms with E-state index in [1.165, 1.54) is 72.8 Å². The monoisotopic (exact) mass is 463 g/mol. The van der Waals surface area contributed by atoms with Crippen LogP contribution in [0.15, 0.2) is 72.8 Å². The van der Waals surface area contributed by atoms with Crippen molar-refractivity contribution in [1.29, 1.82) is 0 Å². The first-order valence-electron chi connectivity index (χ1n) is 8.30. The van der Waals surface area contributed by atoms with Gasteiger partial charge >= 0.3 is 17.1 Å². The molecule has 0 aliphatic carbocycles. The summed E-state index contributed by atoms with van der Waals surface area (Å²) < 4.78 is 0. The third-order valence-electron chi connectivity index (χ3n) is 3.44. The Balaban J connectivity index is 0.000000429. The van der Waals surface area contributed by atoms with Crippen LogP contribution in [0.4, 0.5) is 17.1 Å². The van der Waals surface area contributed by atoms with E-state index in [4.69, 9.17) is 17.2 Å². The van der Waals surface area contributed by atoms with Crippen LogP contribution in [0.2, 0.25) is 0 Å². The number of hydrogen-bond acceptors (Lipinski definition) is 9. The van der Waals surface area contributed by atoms with Crippen molar-refractivity contribution >= 4 is 35.0 Å². The average Bonchev–Trinajstić information content (AvgIpc) is 2.70. The molecule has 0 radical (unpaired) electrons. The molecule has 0 atom stereocenters. The van der Waals surface area contributed by atoms with E-state index in [1.54, 1.807) is 0 Å². The molecule has 3 aromatic rings. The van der Waals surface area contributed by atoms with Crippen molar-refractivity contribution in [3.8, 4) is 0 Å². The summed E-state index contributed by atoms with van der Waals surface area (Å²) in [4.78, 5) is 30.5. The largest absolute Gasteiger partial charge is 3.00 e. The van der Waals surface area contributed by atoms with Crippen LogP contribution >= 0.6 is 0 Å². The molecule has 0 unspecified atom stereocenters. The fourth-order valence-corrected chi connectivity index (χ4v) is 1.86. The van der Waals surface area contributed by atoms with Gasteiger partial charge in [0.25, 0.3) is 0 Å². The Morgan fingerprint density at radius 3 is 0.742 bits per heavy atom. The minimum Gasteiger partial charge on any atom is -0.545 e. The second-order valence-electron chi connectivity index (χ2n) is 5.73. The summed E-state index contributed by atoms with van der Waals surface area (Å²) >= 11 is 0. The number of carboxylic acid groups (broad SMARTS) is 3. The molecule has 0 bridgehead atoms. The standard InChI is InChI=1S/3C7H7NO2.Mn/c3*8-6-3-1-5(2-4-6)7(9)10;/h3*1-4H,8H2,(H,9,10);/q;;;+3/p-3. The first-order chi connectivity index (χ1) is 14.1. The second-order valence-corrected chi connectivity index (χ2v) is 5.73. The molecule has 6 N–H and O–H groups in total. The molecule has 0 saturated heterocycles. The predicted octanol–water partition coefficient (Wildman–Crippen LogP) is -1.11. The zero-order valence-corrected chi connectivity index (χ0v) is 17.2. The summed E-state index contributed by atoms with van der Waals surface area (Å²) in [6.07, 6.45) is 0. The van der Waals surface area contributed by atoms with Crippen molar-refractivity contribution in [2.45, 2.75) is 0 Å². The Hall–Kier alpha value is -4.01. The fraction of sp³-hybridized carbons (Fsp3) is 0. The summed E-state index contributed by atoms with van der Waals surface area (Å²) in [6, 6.07) is 17.6.